The lowest BCUT2D eigenvalue weighted by Crippen LogP contribution is -2.08. The number of hydrogen-bond donors (Lipinski definition) is 0. The van der Waals surface area contributed by atoms with E-state index in [4.69, 9.17) is 0 Å². The number of benzene rings is 1. The van der Waals surface area contributed by atoms with E-state index >= 15 is 0 Å². The smallest absolute Gasteiger partial charge is 0.170 e. The summed E-state index contributed by atoms with van der Waals surface area (Å²) >= 11 is 0. The van der Waals surface area contributed by atoms with Crippen LogP contribution in [0, 0.1) is 0 Å². The molecule has 0 aliphatic carbocycles. The monoisotopic (exact) mass is 224 g/mol. The zero-order valence-electron chi connectivity index (χ0n) is 9.27. The third-order valence-electron chi connectivity index (χ3n) is 2.68. The molecule has 15 heavy (non-hydrogen) atoms. The molecule has 2 nitrogen and oxygen atoms in total. The van der Waals surface area contributed by atoms with Crippen molar-refractivity contribution in [1.82, 2.24) is 0 Å². The van der Waals surface area contributed by atoms with Crippen LogP contribution in [-0.4, -0.2) is 24.3 Å². The van der Waals surface area contributed by atoms with Gasteiger partial charge in [0.15, 0.2) is 5.78 Å². The van der Waals surface area contributed by atoms with Crippen LogP contribution in [0.1, 0.15) is 24.2 Å². The highest BCUT2D eigenvalue weighted by molar-refractivity contribution is 7.64. The highest BCUT2D eigenvalue weighted by Crippen LogP contribution is 2.44. The minimum absolute atomic E-state index is 0.00244. The average Bonchev–Trinajstić information content (AvgIpc) is 2.30. The summed E-state index contributed by atoms with van der Waals surface area (Å²) in [6.45, 7) is 3.78. The van der Waals surface area contributed by atoms with E-state index in [1.807, 2.05) is 32.0 Å². The summed E-state index contributed by atoms with van der Waals surface area (Å²) in [6.07, 6.45) is 1.44. The molecule has 0 amide bonds. The minimum Gasteiger partial charge on any atom is -0.323 e. The first-order valence-corrected chi connectivity index (χ1v) is 7.53. The van der Waals surface area contributed by atoms with Gasteiger partial charge in [-0.05, 0) is 12.3 Å². The van der Waals surface area contributed by atoms with E-state index in [0.717, 1.165) is 0 Å². The second kappa shape index (κ2) is 5.27. The molecule has 0 bridgehead atoms. The second-order valence-corrected chi connectivity index (χ2v) is 7.34. The van der Waals surface area contributed by atoms with Crippen LogP contribution in [-0.2, 0) is 4.57 Å². The van der Waals surface area contributed by atoms with Crippen molar-refractivity contribution in [3.05, 3.63) is 35.9 Å². The van der Waals surface area contributed by atoms with Gasteiger partial charge in [-0.1, -0.05) is 44.2 Å². The number of rotatable bonds is 5. The van der Waals surface area contributed by atoms with Gasteiger partial charge in [-0.2, -0.15) is 0 Å². The topological polar surface area (TPSA) is 34.1 Å². The van der Waals surface area contributed by atoms with Crippen LogP contribution in [0.3, 0.4) is 0 Å². The first-order chi connectivity index (χ1) is 7.11. The summed E-state index contributed by atoms with van der Waals surface area (Å²) < 4.78 is 12.1. The van der Waals surface area contributed by atoms with Crippen LogP contribution >= 0.6 is 7.14 Å². The molecule has 0 aromatic heterocycles. The largest absolute Gasteiger partial charge is 0.323 e. The Hall–Kier alpha value is -0.880. The van der Waals surface area contributed by atoms with Crippen molar-refractivity contribution < 1.29 is 9.36 Å². The fraction of sp³-hybridized carbons (Fsp3) is 0.417. The molecular formula is C12H17O2P. The maximum absolute atomic E-state index is 12.1. The summed E-state index contributed by atoms with van der Waals surface area (Å²) in [6, 6.07) is 9.08. The molecule has 1 aromatic carbocycles. The Bertz CT molecular complexity index is 362. The predicted molar refractivity (Wildman–Crippen MR) is 64.3 cm³/mol. The second-order valence-electron chi connectivity index (χ2n) is 3.64. The zero-order chi connectivity index (χ0) is 11.3. The molecule has 1 aromatic rings. The molecule has 0 atom stereocenters. The Morgan fingerprint density at radius 1 is 1.13 bits per heavy atom. The van der Waals surface area contributed by atoms with Crippen molar-refractivity contribution in [2.45, 2.75) is 13.8 Å². The molecule has 1 rings (SSSR count). The first-order valence-electron chi connectivity index (χ1n) is 5.26. The third-order valence-corrected chi connectivity index (χ3v) is 5.85. The first kappa shape index (κ1) is 12.2. The fourth-order valence-electron chi connectivity index (χ4n) is 1.42. The summed E-state index contributed by atoms with van der Waals surface area (Å²) in [4.78, 5) is 11.8. The Labute approximate surface area is 91.1 Å². The standard InChI is InChI=1S/C12H17O2P/c1-3-15(14,4-2)10-12(13)11-8-6-5-7-9-11/h5-9H,3-4,10H2,1-2H3. The molecule has 0 spiro atoms. The molecule has 0 radical (unpaired) electrons. The molecule has 0 saturated carbocycles. The van der Waals surface area contributed by atoms with Crippen LogP contribution in [0.2, 0.25) is 0 Å². The van der Waals surface area contributed by atoms with Crippen LogP contribution in [0.4, 0.5) is 0 Å². The van der Waals surface area contributed by atoms with E-state index in [9.17, 15) is 9.36 Å². The number of Topliss-reactive ketones (excluding diaryl/α,β-unsaturated/α-hetero) is 1. The maximum Gasteiger partial charge on any atom is 0.170 e. The van der Waals surface area contributed by atoms with Crippen LogP contribution in [0.25, 0.3) is 0 Å². The van der Waals surface area contributed by atoms with Gasteiger partial charge in [0, 0.05) is 5.56 Å². The molecule has 0 aliphatic rings. The molecule has 0 saturated heterocycles. The Morgan fingerprint density at radius 2 is 1.67 bits per heavy atom. The molecule has 0 heterocycles. The van der Waals surface area contributed by atoms with Gasteiger partial charge in [0.25, 0.3) is 0 Å². The van der Waals surface area contributed by atoms with E-state index in [2.05, 4.69) is 0 Å². The van der Waals surface area contributed by atoms with Crippen molar-refractivity contribution in [1.29, 1.82) is 0 Å². The van der Waals surface area contributed by atoms with E-state index in [0.29, 0.717) is 17.9 Å². The molecule has 0 N–H and O–H groups in total. The van der Waals surface area contributed by atoms with Gasteiger partial charge in [0.1, 0.15) is 0 Å². The van der Waals surface area contributed by atoms with Crippen molar-refractivity contribution >= 4 is 12.9 Å². The van der Waals surface area contributed by atoms with E-state index in [-0.39, 0.29) is 11.9 Å². The molecule has 0 fully saturated rings. The number of ketones is 1. The summed E-state index contributed by atoms with van der Waals surface area (Å²) in [5, 5.41) is 0. The number of hydrogen-bond acceptors (Lipinski definition) is 2. The van der Waals surface area contributed by atoms with Crippen LogP contribution in [0.15, 0.2) is 30.3 Å². The van der Waals surface area contributed by atoms with Gasteiger partial charge in [-0.15, -0.1) is 0 Å². The molecule has 3 heteroatoms. The summed E-state index contributed by atoms with van der Waals surface area (Å²) in [5.41, 5.74) is 0.666. The predicted octanol–water partition coefficient (Wildman–Crippen LogP) is 3.27. The highest BCUT2D eigenvalue weighted by atomic mass is 31.2. The normalized spacial score (nSPS) is 11.3. The number of carbonyl (C=O) groups excluding carboxylic acids is 1. The van der Waals surface area contributed by atoms with Gasteiger partial charge in [-0.3, -0.25) is 4.79 Å². The summed E-state index contributed by atoms with van der Waals surface area (Å²) in [5.74, 6) is 0.00244. The van der Waals surface area contributed by atoms with E-state index < -0.39 is 7.14 Å². The van der Waals surface area contributed by atoms with Gasteiger partial charge >= 0.3 is 0 Å². The number of carbonyl (C=O) groups is 1. The van der Waals surface area contributed by atoms with Crippen LogP contribution < -0.4 is 0 Å². The molecule has 0 aliphatic heterocycles. The van der Waals surface area contributed by atoms with E-state index in [1.165, 1.54) is 0 Å². The lowest BCUT2D eigenvalue weighted by molar-refractivity contribution is 0.102. The third kappa shape index (κ3) is 3.32. The van der Waals surface area contributed by atoms with Gasteiger partial charge in [0.2, 0.25) is 0 Å². The van der Waals surface area contributed by atoms with Gasteiger partial charge in [0.05, 0.1) is 13.3 Å². The van der Waals surface area contributed by atoms with E-state index in [1.54, 1.807) is 12.1 Å². The lowest BCUT2D eigenvalue weighted by Gasteiger charge is -2.12. The van der Waals surface area contributed by atoms with Gasteiger partial charge in [-0.25, -0.2) is 0 Å². The van der Waals surface area contributed by atoms with Crippen molar-refractivity contribution in [3.8, 4) is 0 Å². The molecule has 0 unspecified atom stereocenters. The Morgan fingerprint density at radius 3 is 2.13 bits per heavy atom. The highest BCUT2D eigenvalue weighted by Gasteiger charge is 2.21. The van der Waals surface area contributed by atoms with Crippen molar-refractivity contribution in [2.75, 3.05) is 18.5 Å². The Balaban J connectivity index is 2.76. The maximum atomic E-state index is 12.1. The minimum atomic E-state index is -2.25. The summed E-state index contributed by atoms with van der Waals surface area (Å²) in [7, 11) is -2.25. The average molecular weight is 224 g/mol. The van der Waals surface area contributed by atoms with Crippen molar-refractivity contribution in [2.24, 2.45) is 0 Å². The Kier molecular flexibility index (Phi) is 4.28. The van der Waals surface area contributed by atoms with Crippen LogP contribution in [0.5, 0.6) is 0 Å². The van der Waals surface area contributed by atoms with Crippen molar-refractivity contribution in [3.63, 3.8) is 0 Å². The fourth-order valence-corrected chi connectivity index (χ4v) is 3.02. The molecule has 82 valence electrons. The quantitative estimate of drug-likeness (QED) is 0.568. The molecular weight excluding hydrogens is 207 g/mol. The SMILES string of the molecule is CCP(=O)(CC)CC(=O)c1ccccc1. The lowest BCUT2D eigenvalue weighted by atomic mass is 10.2. The van der Waals surface area contributed by atoms with Gasteiger partial charge < -0.3 is 4.57 Å². The zero-order valence-corrected chi connectivity index (χ0v) is 10.2.